The Balaban J connectivity index is 1.28. The normalized spacial score (nSPS) is 25.8. The van der Waals surface area contributed by atoms with Crippen molar-refractivity contribution in [3.8, 4) is 11.5 Å². The number of aromatic nitrogens is 3. The summed E-state index contributed by atoms with van der Waals surface area (Å²) >= 11 is 1.83. The minimum absolute atomic E-state index is 0.00644. The highest BCUT2D eigenvalue weighted by atomic mass is 32.2. The Labute approximate surface area is 270 Å². The molecule has 230 valence electrons. The molecule has 4 atom stereocenters. The van der Waals surface area contributed by atoms with E-state index in [1.165, 1.54) is 0 Å². The number of nitrogens with zero attached hydrogens (tertiary/aromatic N) is 4. The van der Waals surface area contributed by atoms with E-state index in [-0.39, 0.29) is 30.1 Å². The number of aryl methyl sites for hydroxylation is 1. The average Bonchev–Trinajstić information content (AvgIpc) is 3.86. The number of carbonyl (C=O) groups is 2. The smallest absolute Gasteiger partial charge is 0.189 e. The fourth-order valence-electron chi connectivity index (χ4n) is 8.36. The van der Waals surface area contributed by atoms with Crippen molar-refractivity contribution in [2.75, 3.05) is 18.2 Å². The highest BCUT2D eigenvalue weighted by Gasteiger charge is 2.69. The Hall–Kier alpha value is -4.47. The first-order valence-electron chi connectivity index (χ1n) is 15.9. The van der Waals surface area contributed by atoms with E-state index in [1.54, 1.807) is 0 Å². The third-order valence-electron chi connectivity index (χ3n) is 10.2. The minimum Gasteiger partial charge on any atom is -0.493 e. The summed E-state index contributed by atoms with van der Waals surface area (Å²) in [5.41, 5.74) is 2.60. The van der Waals surface area contributed by atoms with Crippen molar-refractivity contribution in [1.29, 1.82) is 0 Å². The van der Waals surface area contributed by atoms with Gasteiger partial charge in [0.1, 0.15) is 29.3 Å². The lowest BCUT2D eigenvalue weighted by Crippen LogP contribution is -2.51. The standard InChI is InChI=1S/C37H32N4O4S/c42-35-26-12-2-4-16-31(26)45-20-24-19-40(39-38-24)17-5-6-18-44-30-15-3-1-11-25(30)33-29-21-46-22-41(29)37(34(33)35)28-14-8-10-23-9-7-13-27(32(23)28)36(37)43/h1-4,7-16,19,29,33-34H,5-6,17-18,20-22H2/t29?,33-,34-,37-/m1/s1. The zero-order valence-electron chi connectivity index (χ0n) is 25.2. The van der Waals surface area contributed by atoms with Crippen molar-refractivity contribution >= 4 is 34.1 Å². The number of hydrogen-bond acceptors (Lipinski definition) is 8. The summed E-state index contributed by atoms with van der Waals surface area (Å²) in [4.78, 5) is 33.0. The van der Waals surface area contributed by atoms with E-state index in [9.17, 15) is 0 Å². The van der Waals surface area contributed by atoms with Crippen LogP contribution in [-0.4, -0.2) is 55.7 Å². The number of thioether (sulfide) groups is 1. The molecule has 4 aromatic carbocycles. The number of ketones is 2. The molecular formula is C37H32N4O4S. The third-order valence-corrected chi connectivity index (χ3v) is 11.3. The number of rotatable bonds is 0. The van der Waals surface area contributed by atoms with Gasteiger partial charge in [0.25, 0.3) is 0 Å². The zero-order valence-corrected chi connectivity index (χ0v) is 26.0. The molecule has 2 fully saturated rings. The van der Waals surface area contributed by atoms with Crippen LogP contribution >= 0.6 is 11.8 Å². The van der Waals surface area contributed by atoms with Gasteiger partial charge in [-0.05, 0) is 52.9 Å². The molecule has 1 aromatic heterocycles. The van der Waals surface area contributed by atoms with Crippen molar-refractivity contribution in [2.24, 2.45) is 5.92 Å². The van der Waals surface area contributed by atoms with Gasteiger partial charge in [0.15, 0.2) is 11.6 Å². The van der Waals surface area contributed by atoms with Crippen LogP contribution in [0.15, 0.2) is 91.1 Å². The Bertz CT molecular complexity index is 2020. The summed E-state index contributed by atoms with van der Waals surface area (Å²) in [6.07, 6.45) is 3.61. The Morgan fingerprint density at radius 3 is 2.57 bits per heavy atom. The van der Waals surface area contributed by atoms with Crippen molar-refractivity contribution in [1.82, 2.24) is 19.9 Å². The van der Waals surface area contributed by atoms with Crippen LogP contribution in [0.1, 0.15) is 56.3 Å². The largest absolute Gasteiger partial charge is 0.493 e. The lowest BCUT2D eigenvalue weighted by molar-refractivity contribution is 0.0538. The predicted octanol–water partition coefficient (Wildman–Crippen LogP) is 6.25. The summed E-state index contributed by atoms with van der Waals surface area (Å²) in [5.74, 6) is 1.65. The zero-order chi connectivity index (χ0) is 30.8. The van der Waals surface area contributed by atoms with Gasteiger partial charge in [0.05, 0.1) is 24.3 Å². The molecule has 4 heterocycles. The van der Waals surface area contributed by atoms with E-state index >= 15 is 9.59 Å². The first-order chi connectivity index (χ1) is 22.7. The molecule has 9 heteroatoms. The molecule has 46 heavy (non-hydrogen) atoms. The minimum atomic E-state index is -1.16. The van der Waals surface area contributed by atoms with Gasteiger partial charge in [0, 0.05) is 35.7 Å². The second-order valence-electron chi connectivity index (χ2n) is 12.6. The van der Waals surface area contributed by atoms with E-state index in [1.807, 2.05) is 83.3 Å². The number of hydrogen-bond donors (Lipinski definition) is 0. The van der Waals surface area contributed by atoms with Crippen LogP contribution in [0.25, 0.3) is 10.8 Å². The number of fused-ring (bicyclic) bond motifs is 11. The molecular weight excluding hydrogens is 596 g/mol. The van der Waals surface area contributed by atoms with Crippen molar-refractivity contribution in [2.45, 2.75) is 43.5 Å². The number of benzene rings is 4. The molecule has 0 N–H and O–H groups in total. The SMILES string of the molecule is O=C1c2ccccc2OCc2cn(nn2)CCCCOc2ccccc2[C@@H]2C3CSCN3[C@@]3(C(=O)c4cccc5cccc3c45)[C@@H]12. The lowest BCUT2D eigenvalue weighted by atomic mass is 9.68. The number of carbonyl (C=O) groups excluding carboxylic acids is 2. The number of Topliss-reactive ketones (excluding diaryl/α,β-unsaturated/α-hetero) is 2. The molecule has 2 bridgehead atoms. The highest BCUT2D eigenvalue weighted by molar-refractivity contribution is 7.99. The van der Waals surface area contributed by atoms with Crippen LogP contribution in [0.4, 0.5) is 0 Å². The Morgan fingerprint density at radius 2 is 1.65 bits per heavy atom. The fourth-order valence-corrected chi connectivity index (χ4v) is 9.69. The molecule has 4 aliphatic rings. The van der Waals surface area contributed by atoms with Crippen LogP contribution < -0.4 is 9.47 Å². The van der Waals surface area contributed by atoms with E-state index < -0.39 is 11.5 Å². The summed E-state index contributed by atoms with van der Waals surface area (Å²) < 4.78 is 14.7. The first-order valence-corrected chi connectivity index (χ1v) is 17.1. The first kappa shape index (κ1) is 27.8. The maximum atomic E-state index is 15.5. The molecule has 2 saturated heterocycles. The maximum Gasteiger partial charge on any atom is 0.189 e. The van der Waals surface area contributed by atoms with Gasteiger partial charge in [-0.2, -0.15) is 0 Å². The van der Waals surface area contributed by atoms with Crippen LogP contribution in [0.2, 0.25) is 0 Å². The van der Waals surface area contributed by atoms with Gasteiger partial charge in [-0.15, -0.1) is 16.9 Å². The van der Waals surface area contributed by atoms with E-state index in [0.29, 0.717) is 35.1 Å². The third kappa shape index (κ3) is 3.97. The summed E-state index contributed by atoms with van der Waals surface area (Å²) in [6.45, 7) is 1.45. The molecule has 9 rings (SSSR count). The van der Waals surface area contributed by atoms with E-state index in [0.717, 1.165) is 52.8 Å². The molecule has 0 saturated carbocycles. The average molecular weight is 629 g/mol. The molecule has 5 aromatic rings. The van der Waals surface area contributed by atoms with Gasteiger partial charge in [-0.25, -0.2) is 0 Å². The van der Waals surface area contributed by atoms with Crippen LogP contribution in [0, 0.1) is 5.92 Å². The van der Waals surface area contributed by atoms with Gasteiger partial charge in [-0.1, -0.05) is 71.9 Å². The van der Waals surface area contributed by atoms with Crippen LogP contribution in [0.3, 0.4) is 0 Å². The van der Waals surface area contributed by atoms with E-state index in [2.05, 4.69) is 39.5 Å². The van der Waals surface area contributed by atoms with Crippen molar-refractivity contribution in [3.63, 3.8) is 0 Å². The molecule has 1 unspecified atom stereocenters. The number of ether oxygens (including phenoxy) is 2. The number of para-hydroxylation sites is 2. The molecule has 0 radical (unpaired) electrons. The van der Waals surface area contributed by atoms with Crippen molar-refractivity contribution < 1.29 is 19.1 Å². The predicted molar refractivity (Wildman–Crippen MR) is 175 cm³/mol. The Kier molecular flexibility index (Phi) is 6.54. The van der Waals surface area contributed by atoms with E-state index in [4.69, 9.17) is 9.47 Å². The maximum absolute atomic E-state index is 15.5. The van der Waals surface area contributed by atoms with Gasteiger partial charge in [0.2, 0.25) is 0 Å². The van der Waals surface area contributed by atoms with Gasteiger partial charge >= 0.3 is 0 Å². The lowest BCUT2D eigenvalue weighted by Gasteiger charge is -2.38. The highest BCUT2D eigenvalue weighted by Crippen LogP contribution is 2.63. The quantitative estimate of drug-likeness (QED) is 0.199. The van der Waals surface area contributed by atoms with Crippen molar-refractivity contribution in [3.05, 3.63) is 119 Å². The molecule has 0 amide bonds. The fraction of sp³-hybridized carbons (Fsp3) is 0.297. The van der Waals surface area contributed by atoms with Gasteiger partial charge < -0.3 is 9.47 Å². The van der Waals surface area contributed by atoms with Crippen LogP contribution in [-0.2, 0) is 18.7 Å². The van der Waals surface area contributed by atoms with Crippen LogP contribution in [0.5, 0.6) is 11.5 Å². The summed E-state index contributed by atoms with van der Waals surface area (Å²) in [6, 6.07) is 27.6. The Morgan fingerprint density at radius 1 is 0.848 bits per heavy atom. The summed E-state index contributed by atoms with van der Waals surface area (Å²) in [7, 11) is 0. The second-order valence-corrected chi connectivity index (χ2v) is 13.6. The molecule has 1 spiro atoms. The topological polar surface area (TPSA) is 86.6 Å². The molecule has 1 aliphatic carbocycles. The molecule has 8 nitrogen and oxygen atoms in total. The second kappa shape index (κ2) is 10.8. The summed E-state index contributed by atoms with van der Waals surface area (Å²) in [5, 5.41) is 10.6. The molecule has 3 aliphatic heterocycles. The van der Waals surface area contributed by atoms with Gasteiger partial charge in [-0.3, -0.25) is 19.2 Å². The monoisotopic (exact) mass is 628 g/mol.